The monoisotopic (exact) mass is 484 g/mol. The van der Waals surface area contributed by atoms with E-state index in [4.69, 9.17) is 4.99 Å². The Balaban J connectivity index is 0.00000261. The Morgan fingerprint density at radius 3 is 2.89 bits per heavy atom. The number of rotatable bonds is 5. The van der Waals surface area contributed by atoms with Gasteiger partial charge in [-0.3, -0.25) is 0 Å². The van der Waals surface area contributed by atoms with Crippen LogP contribution in [0.25, 0.3) is 0 Å². The molecule has 148 valence electrons. The fourth-order valence-corrected chi connectivity index (χ4v) is 3.05. The number of hydrogen-bond acceptors (Lipinski definition) is 5. The number of aryl methyl sites for hydroxylation is 2. The Morgan fingerprint density at radius 1 is 1.33 bits per heavy atom. The van der Waals surface area contributed by atoms with E-state index in [0.717, 1.165) is 55.1 Å². The summed E-state index contributed by atoms with van der Waals surface area (Å²) in [6.07, 6.45) is 2.11. The molecule has 9 heteroatoms. The van der Waals surface area contributed by atoms with Gasteiger partial charge in [0.2, 0.25) is 0 Å². The zero-order valence-electron chi connectivity index (χ0n) is 16.4. The average Bonchev–Trinajstić information content (AvgIpc) is 3.01. The number of halogens is 1. The van der Waals surface area contributed by atoms with Gasteiger partial charge < -0.3 is 15.5 Å². The van der Waals surface area contributed by atoms with E-state index in [-0.39, 0.29) is 30.0 Å². The quantitative estimate of drug-likeness (QED) is 0.385. The molecule has 0 radical (unpaired) electrons. The topological polar surface area (TPSA) is 83.3 Å². The molecule has 1 aliphatic heterocycles. The predicted molar refractivity (Wildman–Crippen MR) is 119 cm³/mol. The van der Waals surface area contributed by atoms with Gasteiger partial charge in [0.25, 0.3) is 0 Å². The molecule has 0 bridgehead atoms. The maximum Gasteiger partial charge on any atom is 0.192 e. The molecule has 3 heterocycles. The van der Waals surface area contributed by atoms with Gasteiger partial charge in [-0.1, -0.05) is 6.07 Å². The predicted octanol–water partition coefficient (Wildman–Crippen LogP) is 2.26. The fourth-order valence-electron chi connectivity index (χ4n) is 3.05. The molecule has 0 spiro atoms. The maximum atomic E-state index is 4.71. The molecular weight excluding hydrogens is 455 g/mol. The van der Waals surface area contributed by atoms with Crippen LogP contribution in [0.2, 0.25) is 0 Å². The van der Waals surface area contributed by atoms with Crippen molar-refractivity contribution in [3.63, 3.8) is 0 Å². The Morgan fingerprint density at radius 2 is 2.15 bits per heavy atom. The third-order valence-corrected chi connectivity index (χ3v) is 4.29. The van der Waals surface area contributed by atoms with E-state index < -0.39 is 0 Å². The van der Waals surface area contributed by atoms with Crippen LogP contribution in [0.3, 0.4) is 0 Å². The van der Waals surface area contributed by atoms with E-state index in [2.05, 4.69) is 32.6 Å². The molecule has 1 aliphatic rings. The molecule has 2 N–H and O–H groups in total. The van der Waals surface area contributed by atoms with Crippen LogP contribution in [-0.4, -0.2) is 46.3 Å². The van der Waals surface area contributed by atoms with E-state index in [1.807, 2.05) is 48.8 Å². The van der Waals surface area contributed by atoms with E-state index in [1.165, 1.54) is 0 Å². The van der Waals surface area contributed by atoms with E-state index in [0.29, 0.717) is 6.54 Å². The number of fused-ring (bicyclic) bond motifs is 1. The summed E-state index contributed by atoms with van der Waals surface area (Å²) in [4.78, 5) is 15.9. The Hall–Kier alpha value is -1.91. The van der Waals surface area contributed by atoms with Crippen molar-refractivity contribution >= 4 is 35.8 Å². The summed E-state index contributed by atoms with van der Waals surface area (Å²) in [6.45, 7) is 6.26. The van der Waals surface area contributed by atoms with Gasteiger partial charge in [-0.15, -0.1) is 24.0 Å². The van der Waals surface area contributed by atoms with Crippen LogP contribution in [0, 0.1) is 6.92 Å². The summed E-state index contributed by atoms with van der Waals surface area (Å²) < 4.78 is 2.00. The minimum absolute atomic E-state index is 0. The lowest BCUT2D eigenvalue weighted by molar-refractivity contribution is 0.397. The van der Waals surface area contributed by atoms with Crippen LogP contribution >= 0.6 is 24.0 Å². The molecule has 1 unspecified atom stereocenters. The number of guanidine groups is 1. The van der Waals surface area contributed by atoms with Gasteiger partial charge in [0.1, 0.15) is 17.5 Å². The number of pyridine rings is 1. The normalized spacial score (nSPS) is 16.3. The third-order valence-electron chi connectivity index (χ3n) is 4.29. The van der Waals surface area contributed by atoms with Crippen LogP contribution in [-0.2, 0) is 13.1 Å². The van der Waals surface area contributed by atoms with Gasteiger partial charge >= 0.3 is 0 Å². The summed E-state index contributed by atoms with van der Waals surface area (Å²) in [6, 6.07) is 6.14. The van der Waals surface area contributed by atoms with E-state index in [1.54, 1.807) is 0 Å². The molecule has 8 nitrogen and oxygen atoms in total. The molecule has 0 saturated carbocycles. The van der Waals surface area contributed by atoms with Crippen LogP contribution in [0.15, 0.2) is 23.2 Å². The largest absolute Gasteiger partial charge is 0.363 e. The summed E-state index contributed by atoms with van der Waals surface area (Å²) in [5, 5.41) is 11.3. The van der Waals surface area contributed by atoms with Crippen molar-refractivity contribution in [1.29, 1.82) is 0 Å². The third kappa shape index (κ3) is 5.53. The standard InChI is InChI=1S/C18H28N8.HI/c1-5-19-18(20-12-14-8-6-10-16(22-14)25(3)4)23-15-9-7-11-26-17(15)21-13(2)24-26;/h6,8,10,15H,5,7,9,11-12H2,1-4H3,(H2,19,20,23);1H. The number of nitrogens with one attached hydrogen (secondary N) is 2. The molecular formula is C18H29IN8. The summed E-state index contributed by atoms with van der Waals surface area (Å²) in [5.41, 5.74) is 0.941. The molecule has 0 aliphatic carbocycles. The minimum atomic E-state index is 0. The summed E-state index contributed by atoms with van der Waals surface area (Å²) >= 11 is 0. The first kappa shape index (κ1) is 21.4. The molecule has 3 rings (SSSR count). The van der Waals surface area contributed by atoms with Gasteiger partial charge in [0.05, 0.1) is 18.3 Å². The second kappa shape index (κ2) is 9.86. The lowest BCUT2D eigenvalue weighted by Crippen LogP contribution is -2.41. The first-order chi connectivity index (χ1) is 12.6. The number of aliphatic imine (C=N–C) groups is 1. The van der Waals surface area contributed by atoms with Crippen molar-refractivity contribution in [1.82, 2.24) is 30.4 Å². The molecule has 27 heavy (non-hydrogen) atoms. The zero-order chi connectivity index (χ0) is 18.5. The van der Waals surface area contributed by atoms with Crippen LogP contribution in [0.4, 0.5) is 5.82 Å². The zero-order valence-corrected chi connectivity index (χ0v) is 18.8. The van der Waals surface area contributed by atoms with Crippen molar-refractivity contribution in [2.45, 2.75) is 45.8 Å². The molecule has 1 atom stereocenters. The van der Waals surface area contributed by atoms with Crippen LogP contribution in [0.5, 0.6) is 0 Å². The number of hydrogen-bond donors (Lipinski definition) is 2. The average molecular weight is 484 g/mol. The summed E-state index contributed by atoms with van der Waals surface area (Å²) in [5.74, 6) is 3.53. The Bertz CT molecular complexity index is 770. The molecule has 0 amide bonds. The SMILES string of the molecule is CCNC(=NCc1cccc(N(C)C)n1)NC1CCCn2nc(C)nc21.I. The van der Waals surface area contributed by atoms with Crippen molar-refractivity contribution in [2.75, 3.05) is 25.5 Å². The molecule has 2 aromatic rings. The summed E-state index contributed by atoms with van der Waals surface area (Å²) in [7, 11) is 3.98. The number of anilines is 1. The van der Waals surface area contributed by atoms with Gasteiger partial charge in [0.15, 0.2) is 5.96 Å². The van der Waals surface area contributed by atoms with E-state index in [9.17, 15) is 0 Å². The van der Waals surface area contributed by atoms with E-state index >= 15 is 0 Å². The number of aromatic nitrogens is 4. The minimum Gasteiger partial charge on any atom is -0.363 e. The fraction of sp³-hybridized carbons (Fsp3) is 0.556. The van der Waals surface area contributed by atoms with Crippen molar-refractivity contribution in [3.8, 4) is 0 Å². The van der Waals surface area contributed by atoms with Gasteiger partial charge in [-0.2, -0.15) is 5.10 Å². The van der Waals surface area contributed by atoms with Gasteiger partial charge in [0, 0.05) is 27.2 Å². The molecule has 0 fully saturated rings. The molecule has 2 aromatic heterocycles. The highest BCUT2D eigenvalue weighted by Crippen LogP contribution is 2.22. The second-order valence-electron chi connectivity index (χ2n) is 6.66. The van der Waals surface area contributed by atoms with Gasteiger partial charge in [-0.25, -0.2) is 19.6 Å². The van der Waals surface area contributed by atoms with Crippen molar-refractivity contribution in [3.05, 3.63) is 35.5 Å². The van der Waals surface area contributed by atoms with Crippen molar-refractivity contribution < 1.29 is 0 Å². The highest BCUT2D eigenvalue weighted by molar-refractivity contribution is 14.0. The van der Waals surface area contributed by atoms with Crippen molar-refractivity contribution in [2.24, 2.45) is 4.99 Å². The molecule has 0 aromatic carbocycles. The second-order valence-corrected chi connectivity index (χ2v) is 6.66. The Kier molecular flexibility index (Phi) is 7.81. The smallest absolute Gasteiger partial charge is 0.192 e. The maximum absolute atomic E-state index is 4.71. The van der Waals surface area contributed by atoms with Gasteiger partial charge in [-0.05, 0) is 38.8 Å². The highest BCUT2D eigenvalue weighted by Gasteiger charge is 2.24. The number of nitrogens with zero attached hydrogens (tertiary/aromatic N) is 6. The first-order valence-corrected chi connectivity index (χ1v) is 9.16. The highest BCUT2D eigenvalue weighted by atomic mass is 127. The lowest BCUT2D eigenvalue weighted by Gasteiger charge is -2.25. The van der Waals surface area contributed by atoms with Crippen LogP contribution < -0.4 is 15.5 Å². The lowest BCUT2D eigenvalue weighted by atomic mass is 10.1. The van der Waals surface area contributed by atoms with Crippen LogP contribution in [0.1, 0.15) is 43.1 Å². The Labute approximate surface area is 177 Å². The molecule has 0 saturated heterocycles. The first-order valence-electron chi connectivity index (χ1n) is 9.16.